The molecule has 0 atom stereocenters. The summed E-state index contributed by atoms with van der Waals surface area (Å²) in [4.78, 5) is 10.5. The number of aromatic nitrogens is 3. The Morgan fingerprint density at radius 1 is 0.373 bits per heavy atom. The van der Waals surface area contributed by atoms with Gasteiger partial charge in [-0.2, -0.15) is 5.26 Å². The van der Waals surface area contributed by atoms with Gasteiger partial charge < -0.3 is 4.57 Å². The minimum absolute atomic E-state index is 0.546. The molecule has 2 heterocycles. The van der Waals surface area contributed by atoms with E-state index >= 15 is 4.57 Å². The number of rotatable bonds is 8. The molecule has 314 valence electrons. The Morgan fingerprint density at radius 2 is 0.791 bits per heavy atom. The molecule has 67 heavy (non-hydrogen) atoms. The average molecular weight is 875 g/mol. The molecule has 10 aromatic carbocycles. The van der Waals surface area contributed by atoms with Crippen molar-refractivity contribution in [2.45, 2.75) is 0 Å². The predicted octanol–water partition coefficient (Wildman–Crippen LogP) is 14.1. The van der Waals surface area contributed by atoms with Crippen LogP contribution in [0.3, 0.4) is 0 Å². The number of hydrogen-bond acceptors (Lipinski definition) is 4. The molecule has 12 rings (SSSR count). The van der Waals surface area contributed by atoms with Gasteiger partial charge in [-0.05, 0) is 86.3 Å². The first-order chi connectivity index (χ1) is 33.1. The maximum Gasteiger partial charge on any atom is 0.235 e. The number of benzene rings is 10. The Labute approximate surface area is 387 Å². The van der Waals surface area contributed by atoms with E-state index in [0.29, 0.717) is 11.5 Å². The van der Waals surface area contributed by atoms with Crippen LogP contribution in [0.2, 0.25) is 0 Å². The van der Waals surface area contributed by atoms with Crippen LogP contribution in [0.5, 0.6) is 0 Å². The summed E-state index contributed by atoms with van der Waals surface area (Å²) in [5.74, 6) is 0.546. The van der Waals surface area contributed by atoms with Crippen LogP contribution in [0.15, 0.2) is 237 Å². The van der Waals surface area contributed by atoms with E-state index in [-0.39, 0.29) is 0 Å². The van der Waals surface area contributed by atoms with E-state index in [4.69, 9.17) is 9.97 Å². The average Bonchev–Trinajstić information content (AvgIpc) is 3.73. The summed E-state index contributed by atoms with van der Waals surface area (Å²) in [6.07, 6.45) is 0. The number of fused-ring (bicyclic) bond motifs is 5. The third kappa shape index (κ3) is 6.74. The zero-order valence-corrected chi connectivity index (χ0v) is 37.1. The SMILES string of the molecule is N#Cc1ccc2c(c1)c1cc(-c3c4ccccc4c(-c4cccc(P(=O)(c5ccccc5)c5ccccc5)c4)c4ccccc34)ccc1n2-c1nc(-c2ccccc2)cc(-c2ccccc2)n1. The smallest absolute Gasteiger partial charge is 0.235 e. The molecule has 2 aromatic heterocycles. The topological polar surface area (TPSA) is 71.6 Å². The fraction of sp³-hybridized carbons (Fsp3) is 0. The summed E-state index contributed by atoms with van der Waals surface area (Å²) in [6, 6.07) is 82.6. The molecule has 0 amide bonds. The molecule has 0 radical (unpaired) electrons. The van der Waals surface area contributed by atoms with E-state index in [9.17, 15) is 5.26 Å². The first-order valence-corrected chi connectivity index (χ1v) is 24.0. The van der Waals surface area contributed by atoms with Crippen LogP contribution in [0.1, 0.15) is 5.56 Å². The van der Waals surface area contributed by atoms with Crippen LogP contribution in [-0.2, 0) is 4.57 Å². The molecule has 0 spiro atoms. The molecular weight excluding hydrogens is 836 g/mol. The Hall–Kier alpha value is -8.68. The van der Waals surface area contributed by atoms with Gasteiger partial charge in [0.15, 0.2) is 7.14 Å². The van der Waals surface area contributed by atoms with Crippen molar-refractivity contribution in [1.29, 1.82) is 5.26 Å². The van der Waals surface area contributed by atoms with Crippen molar-refractivity contribution >= 4 is 66.4 Å². The lowest BCUT2D eigenvalue weighted by molar-refractivity contribution is 0.592. The second-order valence-corrected chi connectivity index (χ2v) is 19.5. The molecule has 6 heteroatoms. The molecule has 0 bridgehead atoms. The molecule has 0 fully saturated rings. The molecule has 12 aromatic rings. The highest BCUT2D eigenvalue weighted by atomic mass is 31.2. The number of hydrogen-bond donors (Lipinski definition) is 0. The highest BCUT2D eigenvalue weighted by Gasteiger charge is 2.30. The highest BCUT2D eigenvalue weighted by Crippen LogP contribution is 2.47. The minimum atomic E-state index is -3.24. The summed E-state index contributed by atoms with van der Waals surface area (Å²) >= 11 is 0. The molecule has 0 unspecified atom stereocenters. The fourth-order valence-electron chi connectivity index (χ4n) is 9.84. The molecule has 0 aliphatic carbocycles. The van der Waals surface area contributed by atoms with Crippen molar-refractivity contribution in [2.75, 3.05) is 0 Å². The minimum Gasteiger partial charge on any atom is -0.309 e. The van der Waals surface area contributed by atoms with Gasteiger partial charge in [0.05, 0.1) is 34.1 Å². The second kappa shape index (κ2) is 16.4. The first kappa shape index (κ1) is 39.9. The quantitative estimate of drug-likeness (QED) is 0.113. The standard InChI is InChI=1S/C61H39N4OP/c62-40-41-32-34-57-53(36-41)54-38-45(33-35-58(54)65(57)61-63-55(42-18-5-1-6-19-42)39-56(64-61)43-20-7-2-8-21-43)60-51-30-15-13-28-49(51)59(50-29-14-16-31-52(50)60)44-22-17-27-48(37-44)67(66,46-23-9-3-10-24-46)47-25-11-4-12-26-47/h1-39H. The summed E-state index contributed by atoms with van der Waals surface area (Å²) < 4.78 is 17.8. The second-order valence-electron chi connectivity index (χ2n) is 16.8. The molecule has 0 saturated heterocycles. The van der Waals surface area contributed by atoms with Gasteiger partial charge in [-0.3, -0.25) is 4.57 Å². The highest BCUT2D eigenvalue weighted by molar-refractivity contribution is 7.85. The van der Waals surface area contributed by atoms with Gasteiger partial charge in [0.25, 0.3) is 0 Å². The maximum absolute atomic E-state index is 15.6. The zero-order valence-electron chi connectivity index (χ0n) is 36.2. The van der Waals surface area contributed by atoms with E-state index in [1.165, 1.54) is 0 Å². The Morgan fingerprint density at radius 3 is 1.30 bits per heavy atom. The number of nitriles is 1. The van der Waals surface area contributed by atoms with Crippen molar-refractivity contribution in [3.05, 3.63) is 242 Å². The van der Waals surface area contributed by atoms with E-state index in [1.807, 2.05) is 127 Å². The summed E-state index contributed by atoms with van der Waals surface area (Å²) in [5.41, 5.74) is 10.3. The summed E-state index contributed by atoms with van der Waals surface area (Å²) in [5, 5.41) is 18.9. The van der Waals surface area contributed by atoms with E-state index in [1.54, 1.807) is 0 Å². The van der Waals surface area contributed by atoms with Crippen molar-refractivity contribution in [3.63, 3.8) is 0 Å². The predicted molar refractivity (Wildman–Crippen MR) is 277 cm³/mol. The molecular formula is C61H39N4OP. The van der Waals surface area contributed by atoms with Crippen LogP contribution in [-0.4, -0.2) is 14.5 Å². The maximum atomic E-state index is 15.6. The fourth-order valence-corrected chi connectivity index (χ4v) is 12.5. The summed E-state index contributed by atoms with van der Waals surface area (Å²) in [7, 11) is -3.24. The lowest BCUT2D eigenvalue weighted by Crippen LogP contribution is -2.25. The van der Waals surface area contributed by atoms with Crippen molar-refractivity contribution < 1.29 is 4.57 Å². The third-order valence-electron chi connectivity index (χ3n) is 12.9. The molecule has 0 N–H and O–H groups in total. The van der Waals surface area contributed by atoms with E-state index in [0.717, 1.165) is 104 Å². The monoisotopic (exact) mass is 874 g/mol. The first-order valence-electron chi connectivity index (χ1n) is 22.3. The molecule has 0 aliphatic heterocycles. The Bertz CT molecular complexity index is 3800. The van der Waals surface area contributed by atoms with Crippen LogP contribution in [0, 0.1) is 11.3 Å². The van der Waals surface area contributed by atoms with Gasteiger partial charge in [-0.25, -0.2) is 9.97 Å². The summed E-state index contributed by atoms with van der Waals surface area (Å²) in [6.45, 7) is 0. The Kier molecular flexibility index (Phi) is 9.76. The van der Waals surface area contributed by atoms with Crippen LogP contribution in [0.25, 0.3) is 94.1 Å². The van der Waals surface area contributed by atoms with Crippen LogP contribution < -0.4 is 15.9 Å². The van der Waals surface area contributed by atoms with E-state index in [2.05, 4.69) is 120 Å². The van der Waals surface area contributed by atoms with Crippen molar-refractivity contribution in [2.24, 2.45) is 0 Å². The number of nitrogens with zero attached hydrogens (tertiary/aromatic N) is 4. The van der Waals surface area contributed by atoms with Gasteiger partial charge in [0.1, 0.15) is 0 Å². The van der Waals surface area contributed by atoms with Gasteiger partial charge >= 0.3 is 0 Å². The van der Waals surface area contributed by atoms with E-state index < -0.39 is 7.14 Å². The van der Waals surface area contributed by atoms with Gasteiger partial charge in [0.2, 0.25) is 5.95 Å². The van der Waals surface area contributed by atoms with Crippen LogP contribution >= 0.6 is 7.14 Å². The van der Waals surface area contributed by atoms with Gasteiger partial charge in [-0.1, -0.05) is 194 Å². The molecule has 5 nitrogen and oxygen atoms in total. The zero-order chi connectivity index (χ0) is 44.9. The lowest BCUT2D eigenvalue weighted by atomic mass is 9.86. The third-order valence-corrected chi connectivity index (χ3v) is 16.0. The largest absolute Gasteiger partial charge is 0.309 e. The normalized spacial score (nSPS) is 11.6. The molecule has 0 aliphatic rings. The van der Waals surface area contributed by atoms with Crippen molar-refractivity contribution in [1.82, 2.24) is 14.5 Å². The lowest BCUT2D eigenvalue weighted by Gasteiger charge is -2.22. The molecule has 0 saturated carbocycles. The van der Waals surface area contributed by atoms with Crippen molar-refractivity contribution in [3.8, 4) is 56.8 Å². The Balaban J connectivity index is 1.08. The van der Waals surface area contributed by atoms with Gasteiger partial charge in [-0.15, -0.1) is 0 Å². The van der Waals surface area contributed by atoms with Gasteiger partial charge in [0, 0.05) is 37.8 Å². The van der Waals surface area contributed by atoms with Crippen LogP contribution in [0.4, 0.5) is 0 Å².